The summed E-state index contributed by atoms with van der Waals surface area (Å²) < 4.78 is 17.9. The number of amides is 2. The Kier molecular flexibility index (Phi) is 8.48. The average molecular weight is 489 g/mol. The van der Waals surface area contributed by atoms with E-state index >= 15 is 0 Å². The zero-order chi connectivity index (χ0) is 25.4. The minimum Gasteiger partial charge on any atom is -0.371 e. The summed E-state index contributed by atoms with van der Waals surface area (Å²) in [5.41, 5.74) is 3.12. The van der Waals surface area contributed by atoms with Gasteiger partial charge in [0.15, 0.2) is 5.79 Å². The molecule has 3 aromatic rings. The van der Waals surface area contributed by atoms with E-state index < -0.39 is 18.0 Å². The van der Waals surface area contributed by atoms with Crippen LogP contribution in [-0.2, 0) is 14.2 Å². The highest BCUT2D eigenvalue weighted by Crippen LogP contribution is 2.21. The Morgan fingerprint density at radius 2 is 1.33 bits per heavy atom. The van der Waals surface area contributed by atoms with Crippen LogP contribution in [0.3, 0.4) is 0 Å². The topological polar surface area (TPSA) is 85.9 Å². The number of hydrogen-bond acceptors (Lipinski definition) is 5. The van der Waals surface area contributed by atoms with E-state index in [0.29, 0.717) is 24.3 Å². The van der Waals surface area contributed by atoms with Crippen molar-refractivity contribution in [3.8, 4) is 11.1 Å². The maximum absolute atomic E-state index is 13.0. The largest absolute Gasteiger partial charge is 0.371 e. The molecule has 7 heteroatoms. The second-order valence-corrected chi connectivity index (χ2v) is 9.05. The molecular formula is C29H32N2O5. The Hall–Kier alpha value is -3.52. The molecule has 1 saturated heterocycles. The van der Waals surface area contributed by atoms with Crippen molar-refractivity contribution in [3.63, 3.8) is 0 Å². The summed E-state index contributed by atoms with van der Waals surface area (Å²) in [6, 6.07) is 26.4. The second-order valence-electron chi connectivity index (χ2n) is 9.05. The van der Waals surface area contributed by atoms with Crippen LogP contribution < -0.4 is 10.6 Å². The van der Waals surface area contributed by atoms with Gasteiger partial charge in [-0.2, -0.15) is 0 Å². The van der Waals surface area contributed by atoms with Gasteiger partial charge in [0, 0.05) is 24.2 Å². The third-order valence-electron chi connectivity index (χ3n) is 5.91. The predicted octanol–water partition coefficient (Wildman–Crippen LogP) is 4.05. The molecule has 36 heavy (non-hydrogen) atoms. The Morgan fingerprint density at radius 3 is 2.06 bits per heavy atom. The first-order valence-electron chi connectivity index (χ1n) is 12.1. The van der Waals surface area contributed by atoms with Gasteiger partial charge in [0.1, 0.15) is 12.2 Å². The van der Waals surface area contributed by atoms with Gasteiger partial charge in [-0.25, -0.2) is 0 Å². The molecule has 0 bridgehead atoms. The van der Waals surface area contributed by atoms with Gasteiger partial charge in [0.05, 0.1) is 13.2 Å². The smallest absolute Gasteiger partial charge is 0.251 e. The lowest BCUT2D eigenvalue weighted by Gasteiger charge is -2.37. The van der Waals surface area contributed by atoms with Crippen molar-refractivity contribution in [1.82, 2.24) is 10.6 Å². The predicted molar refractivity (Wildman–Crippen MR) is 138 cm³/mol. The number of nitrogens with one attached hydrogen (secondary N) is 2. The maximum Gasteiger partial charge on any atom is 0.251 e. The average Bonchev–Trinajstić information content (AvgIpc) is 2.90. The second kappa shape index (κ2) is 11.9. The van der Waals surface area contributed by atoms with E-state index in [9.17, 15) is 9.59 Å². The van der Waals surface area contributed by atoms with E-state index in [1.54, 1.807) is 18.2 Å². The number of carbonyl (C=O) groups is 2. The first-order valence-corrected chi connectivity index (χ1v) is 12.1. The molecule has 0 saturated carbocycles. The van der Waals surface area contributed by atoms with Crippen LogP contribution in [0.25, 0.3) is 11.1 Å². The molecule has 1 heterocycles. The number of rotatable bonds is 7. The summed E-state index contributed by atoms with van der Waals surface area (Å²) in [5, 5.41) is 5.89. The number of ether oxygens (including phenoxy) is 3. The van der Waals surface area contributed by atoms with E-state index in [2.05, 4.69) is 10.6 Å². The zero-order valence-electron chi connectivity index (χ0n) is 20.6. The van der Waals surface area contributed by atoms with Crippen LogP contribution in [0.15, 0.2) is 84.9 Å². The lowest BCUT2D eigenvalue weighted by Crippen LogP contribution is -2.52. The minimum absolute atomic E-state index is 0.199. The lowest BCUT2D eigenvalue weighted by atomic mass is 10.0. The van der Waals surface area contributed by atoms with Gasteiger partial charge in [-0.1, -0.05) is 60.7 Å². The van der Waals surface area contributed by atoms with Crippen molar-refractivity contribution >= 4 is 11.8 Å². The van der Waals surface area contributed by atoms with Gasteiger partial charge in [-0.3, -0.25) is 9.59 Å². The summed E-state index contributed by atoms with van der Waals surface area (Å²) in [7, 11) is 0. The molecule has 2 amide bonds. The van der Waals surface area contributed by atoms with E-state index in [1.807, 2.05) is 80.6 Å². The van der Waals surface area contributed by atoms with Gasteiger partial charge in [0.2, 0.25) is 0 Å². The molecular weight excluding hydrogens is 456 g/mol. The highest BCUT2D eigenvalue weighted by Gasteiger charge is 2.33. The molecule has 3 aromatic carbocycles. The van der Waals surface area contributed by atoms with E-state index in [-0.39, 0.29) is 24.9 Å². The van der Waals surface area contributed by atoms with Crippen LogP contribution in [0, 0.1) is 0 Å². The van der Waals surface area contributed by atoms with Crippen LogP contribution in [-0.4, -0.2) is 56.1 Å². The zero-order valence-corrected chi connectivity index (χ0v) is 20.6. The third kappa shape index (κ3) is 7.01. The minimum atomic E-state index is -0.863. The molecule has 0 spiro atoms. The lowest BCUT2D eigenvalue weighted by molar-refractivity contribution is -0.277. The maximum atomic E-state index is 13.0. The molecule has 1 aliphatic heterocycles. The van der Waals surface area contributed by atoms with E-state index in [1.165, 1.54) is 0 Å². The SMILES string of the molecule is CC1(C)OCCO[C@H](CNC(=O)c2cccc(-c3ccccc3)c2)[C@H](CNC(=O)c2ccccc2)O1. The van der Waals surface area contributed by atoms with Crippen LogP contribution in [0.2, 0.25) is 0 Å². The van der Waals surface area contributed by atoms with Crippen LogP contribution in [0.4, 0.5) is 0 Å². The highest BCUT2D eigenvalue weighted by molar-refractivity contribution is 5.95. The summed E-state index contributed by atoms with van der Waals surface area (Å²) in [5.74, 6) is -1.28. The molecule has 0 unspecified atom stereocenters. The quantitative estimate of drug-likeness (QED) is 0.524. The summed E-state index contributed by atoms with van der Waals surface area (Å²) in [6.07, 6.45) is -1.02. The number of hydrogen-bond donors (Lipinski definition) is 2. The number of benzene rings is 3. The fourth-order valence-corrected chi connectivity index (χ4v) is 4.08. The third-order valence-corrected chi connectivity index (χ3v) is 5.91. The summed E-state index contributed by atoms with van der Waals surface area (Å²) in [6.45, 7) is 4.78. The molecule has 0 aromatic heterocycles. The van der Waals surface area contributed by atoms with Crippen molar-refractivity contribution in [2.75, 3.05) is 26.3 Å². The van der Waals surface area contributed by atoms with Gasteiger partial charge in [-0.15, -0.1) is 0 Å². The summed E-state index contributed by atoms with van der Waals surface area (Å²) >= 11 is 0. The standard InChI is InChI=1S/C29H32N2O5/c1-29(2)35-17-16-34-25(26(36-29)20-31-27(32)22-12-7-4-8-13-22)19-30-28(33)24-15-9-14-23(18-24)21-10-5-3-6-11-21/h3-15,18,25-26H,16-17,19-20H2,1-2H3,(H,30,33)(H,31,32)/t25-,26+/m1/s1. The normalized spacial score (nSPS) is 19.5. The van der Waals surface area contributed by atoms with E-state index in [0.717, 1.165) is 11.1 Å². The molecule has 188 valence electrons. The Morgan fingerprint density at radius 1 is 0.750 bits per heavy atom. The van der Waals surface area contributed by atoms with Crippen molar-refractivity contribution < 1.29 is 23.8 Å². The molecule has 4 rings (SSSR count). The molecule has 1 aliphatic rings. The Bertz CT molecular complexity index is 1150. The van der Waals surface area contributed by atoms with Crippen LogP contribution in [0.5, 0.6) is 0 Å². The Labute approximate surface area is 211 Å². The van der Waals surface area contributed by atoms with Gasteiger partial charge >= 0.3 is 0 Å². The van der Waals surface area contributed by atoms with Gasteiger partial charge in [0.25, 0.3) is 11.8 Å². The van der Waals surface area contributed by atoms with Crippen LogP contribution >= 0.6 is 0 Å². The molecule has 2 atom stereocenters. The van der Waals surface area contributed by atoms with Crippen molar-refractivity contribution in [1.29, 1.82) is 0 Å². The Balaban J connectivity index is 1.43. The molecule has 2 N–H and O–H groups in total. The monoisotopic (exact) mass is 488 g/mol. The van der Waals surface area contributed by atoms with Gasteiger partial charge in [-0.05, 0) is 49.2 Å². The fourth-order valence-electron chi connectivity index (χ4n) is 4.08. The first-order chi connectivity index (χ1) is 17.4. The van der Waals surface area contributed by atoms with Crippen molar-refractivity contribution in [2.45, 2.75) is 31.8 Å². The van der Waals surface area contributed by atoms with Crippen molar-refractivity contribution in [3.05, 3.63) is 96.1 Å². The first kappa shape index (κ1) is 25.6. The van der Waals surface area contributed by atoms with Crippen LogP contribution in [0.1, 0.15) is 34.6 Å². The van der Waals surface area contributed by atoms with Gasteiger partial charge < -0.3 is 24.8 Å². The van der Waals surface area contributed by atoms with E-state index in [4.69, 9.17) is 14.2 Å². The highest BCUT2D eigenvalue weighted by atomic mass is 16.7. The van der Waals surface area contributed by atoms with Crippen molar-refractivity contribution in [2.24, 2.45) is 0 Å². The fraction of sp³-hybridized carbons (Fsp3) is 0.310. The summed E-state index contributed by atoms with van der Waals surface area (Å²) in [4.78, 5) is 25.6. The molecule has 7 nitrogen and oxygen atoms in total. The molecule has 0 aliphatic carbocycles. The molecule has 1 fully saturated rings. The molecule has 0 radical (unpaired) electrons. The number of carbonyl (C=O) groups excluding carboxylic acids is 2.